The molecule has 3 N–H and O–H groups in total. The van der Waals surface area contributed by atoms with Gasteiger partial charge in [0.2, 0.25) is 5.09 Å². The van der Waals surface area contributed by atoms with E-state index in [9.17, 15) is 8.42 Å². The molecule has 1 rings (SSSR count). The standard InChI is InChI=1S/C9H16N2O4S/c1-7(6-12)11-5-8-3-4-9(15-8)16(13,14)10-2/h3-4,7,10-12H,5-6H2,1-2H3. The lowest BCUT2D eigenvalue weighted by atomic mass is 10.3. The third-order valence-electron chi connectivity index (χ3n) is 2.07. The van der Waals surface area contributed by atoms with Gasteiger partial charge in [0.15, 0.2) is 0 Å². The summed E-state index contributed by atoms with van der Waals surface area (Å²) in [5, 5.41) is 11.7. The lowest BCUT2D eigenvalue weighted by molar-refractivity contribution is 0.247. The van der Waals surface area contributed by atoms with Gasteiger partial charge in [-0.2, -0.15) is 0 Å². The summed E-state index contributed by atoms with van der Waals surface area (Å²) in [4.78, 5) is 0. The first-order chi connectivity index (χ1) is 7.49. The Morgan fingerprint density at radius 2 is 2.19 bits per heavy atom. The van der Waals surface area contributed by atoms with Crippen molar-refractivity contribution in [2.45, 2.75) is 24.6 Å². The Bertz CT molecular complexity index is 426. The summed E-state index contributed by atoms with van der Waals surface area (Å²) >= 11 is 0. The third-order valence-corrected chi connectivity index (χ3v) is 3.36. The second-order valence-electron chi connectivity index (χ2n) is 3.39. The van der Waals surface area contributed by atoms with Crippen LogP contribution in [0.25, 0.3) is 0 Å². The van der Waals surface area contributed by atoms with Gasteiger partial charge in [-0.3, -0.25) is 0 Å². The van der Waals surface area contributed by atoms with E-state index in [1.165, 1.54) is 13.1 Å². The Morgan fingerprint density at radius 3 is 2.75 bits per heavy atom. The molecule has 0 aliphatic carbocycles. The summed E-state index contributed by atoms with van der Waals surface area (Å²) in [6, 6.07) is 2.92. The Hall–Kier alpha value is -0.890. The van der Waals surface area contributed by atoms with Crippen molar-refractivity contribution in [3.63, 3.8) is 0 Å². The quantitative estimate of drug-likeness (QED) is 0.640. The normalized spacial score (nSPS) is 13.9. The van der Waals surface area contributed by atoms with E-state index in [1.807, 2.05) is 6.92 Å². The van der Waals surface area contributed by atoms with Gasteiger partial charge in [-0.05, 0) is 26.1 Å². The molecule has 1 heterocycles. The van der Waals surface area contributed by atoms with Crippen molar-refractivity contribution in [3.8, 4) is 0 Å². The van der Waals surface area contributed by atoms with E-state index in [1.54, 1.807) is 6.07 Å². The smallest absolute Gasteiger partial charge is 0.273 e. The summed E-state index contributed by atoms with van der Waals surface area (Å²) in [6.45, 7) is 2.21. The molecule has 1 aromatic rings. The van der Waals surface area contributed by atoms with Gasteiger partial charge in [0.25, 0.3) is 10.0 Å². The predicted octanol–water partition coefficient (Wildman–Crippen LogP) is -0.342. The number of hydrogen-bond acceptors (Lipinski definition) is 5. The molecule has 0 aliphatic heterocycles. The number of nitrogens with one attached hydrogen (secondary N) is 2. The van der Waals surface area contributed by atoms with Crippen LogP contribution in [0.15, 0.2) is 21.6 Å². The minimum atomic E-state index is -3.52. The van der Waals surface area contributed by atoms with Crippen LogP contribution in [0.2, 0.25) is 0 Å². The molecule has 1 aromatic heterocycles. The summed E-state index contributed by atoms with van der Waals surface area (Å²) < 4.78 is 30.0. The van der Waals surface area contributed by atoms with Crippen molar-refractivity contribution in [2.24, 2.45) is 0 Å². The maximum absolute atomic E-state index is 11.3. The van der Waals surface area contributed by atoms with Gasteiger partial charge in [-0.25, -0.2) is 13.1 Å². The Balaban J connectivity index is 2.66. The van der Waals surface area contributed by atoms with Gasteiger partial charge in [-0.15, -0.1) is 0 Å². The molecule has 0 aromatic carbocycles. The second kappa shape index (κ2) is 5.44. The molecule has 6 nitrogen and oxygen atoms in total. The maximum atomic E-state index is 11.3. The van der Waals surface area contributed by atoms with E-state index < -0.39 is 10.0 Å². The lowest BCUT2D eigenvalue weighted by Gasteiger charge is -2.08. The van der Waals surface area contributed by atoms with Crippen LogP contribution in [-0.2, 0) is 16.6 Å². The molecule has 0 fully saturated rings. The fourth-order valence-electron chi connectivity index (χ4n) is 1.04. The molecule has 1 unspecified atom stereocenters. The highest BCUT2D eigenvalue weighted by Crippen LogP contribution is 2.13. The molecule has 1 atom stereocenters. The van der Waals surface area contributed by atoms with Gasteiger partial charge in [0, 0.05) is 6.04 Å². The van der Waals surface area contributed by atoms with Gasteiger partial charge in [-0.1, -0.05) is 0 Å². The largest absolute Gasteiger partial charge is 0.447 e. The number of aliphatic hydroxyl groups is 1. The van der Waals surface area contributed by atoms with Crippen molar-refractivity contribution >= 4 is 10.0 Å². The molecule has 0 radical (unpaired) electrons. The number of sulfonamides is 1. The number of rotatable bonds is 6. The molecule has 92 valence electrons. The zero-order chi connectivity index (χ0) is 12.2. The highest BCUT2D eigenvalue weighted by molar-refractivity contribution is 7.89. The summed E-state index contributed by atoms with van der Waals surface area (Å²) in [6.07, 6.45) is 0. The van der Waals surface area contributed by atoms with Gasteiger partial charge >= 0.3 is 0 Å². The minimum Gasteiger partial charge on any atom is -0.447 e. The molecular weight excluding hydrogens is 232 g/mol. The van der Waals surface area contributed by atoms with Crippen molar-refractivity contribution in [1.82, 2.24) is 10.0 Å². The van der Waals surface area contributed by atoms with Crippen LogP contribution in [0, 0.1) is 0 Å². The van der Waals surface area contributed by atoms with Crippen LogP contribution >= 0.6 is 0 Å². The van der Waals surface area contributed by atoms with Crippen molar-refractivity contribution in [3.05, 3.63) is 17.9 Å². The summed E-state index contributed by atoms with van der Waals surface area (Å²) in [5.41, 5.74) is 0. The number of hydrogen-bond donors (Lipinski definition) is 3. The fourth-order valence-corrected chi connectivity index (χ4v) is 1.70. The van der Waals surface area contributed by atoms with Crippen molar-refractivity contribution in [2.75, 3.05) is 13.7 Å². The number of furan rings is 1. The number of aliphatic hydroxyl groups excluding tert-OH is 1. The molecule has 16 heavy (non-hydrogen) atoms. The summed E-state index contributed by atoms with van der Waals surface area (Å²) in [7, 11) is -2.19. The molecule has 0 bridgehead atoms. The molecule has 0 amide bonds. The van der Waals surface area contributed by atoms with Gasteiger partial charge in [0.05, 0.1) is 13.2 Å². The lowest BCUT2D eigenvalue weighted by Crippen LogP contribution is -2.28. The first kappa shape index (κ1) is 13.2. The van der Waals surface area contributed by atoms with Crippen LogP contribution in [0.3, 0.4) is 0 Å². The average molecular weight is 248 g/mol. The van der Waals surface area contributed by atoms with Crippen LogP contribution in [0.4, 0.5) is 0 Å². The Labute approximate surface area is 94.7 Å². The van der Waals surface area contributed by atoms with E-state index in [0.717, 1.165) is 0 Å². The monoisotopic (exact) mass is 248 g/mol. The van der Waals surface area contributed by atoms with E-state index in [2.05, 4.69) is 10.0 Å². The third kappa shape index (κ3) is 3.31. The second-order valence-corrected chi connectivity index (χ2v) is 5.21. The zero-order valence-electron chi connectivity index (χ0n) is 9.23. The Morgan fingerprint density at radius 1 is 1.50 bits per heavy atom. The topological polar surface area (TPSA) is 91.6 Å². The molecule has 0 saturated carbocycles. The van der Waals surface area contributed by atoms with Crippen molar-refractivity contribution < 1.29 is 17.9 Å². The molecule has 0 saturated heterocycles. The van der Waals surface area contributed by atoms with Crippen LogP contribution < -0.4 is 10.0 Å². The summed E-state index contributed by atoms with van der Waals surface area (Å²) in [5.74, 6) is 0.508. The maximum Gasteiger partial charge on any atom is 0.273 e. The van der Waals surface area contributed by atoms with E-state index >= 15 is 0 Å². The van der Waals surface area contributed by atoms with Crippen LogP contribution in [-0.4, -0.2) is 33.2 Å². The van der Waals surface area contributed by atoms with Crippen molar-refractivity contribution in [1.29, 1.82) is 0 Å². The van der Waals surface area contributed by atoms with Crippen LogP contribution in [0.5, 0.6) is 0 Å². The predicted molar refractivity (Wildman–Crippen MR) is 58.3 cm³/mol. The highest BCUT2D eigenvalue weighted by atomic mass is 32.2. The van der Waals surface area contributed by atoms with E-state index in [0.29, 0.717) is 12.3 Å². The minimum absolute atomic E-state index is 0.0162. The zero-order valence-corrected chi connectivity index (χ0v) is 10.0. The van der Waals surface area contributed by atoms with E-state index in [4.69, 9.17) is 9.52 Å². The molecular formula is C9H16N2O4S. The first-order valence-electron chi connectivity index (χ1n) is 4.86. The molecule has 0 spiro atoms. The van der Waals surface area contributed by atoms with Crippen LogP contribution in [0.1, 0.15) is 12.7 Å². The SMILES string of the molecule is CNS(=O)(=O)c1ccc(CNC(C)CO)o1. The van der Waals surface area contributed by atoms with Gasteiger partial charge < -0.3 is 14.8 Å². The highest BCUT2D eigenvalue weighted by Gasteiger charge is 2.16. The first-order valence-corrected chi connectivity index (χ1v) is 6.34. The molecule has 0 aliphatic rings. The van der Waals surface area contributed by atoms with Gasteiger partial charge in [0.1, 0.15) is 5.76 Å². The Kier molecular flexibility index (Phi) is 4.48. The van der Waals surface area contributed by atoms with E-state index in [-0.39, 0.29) is 17.7 Å². The fraction of sp³-hybridized carbons (Fsp3) is 0.556. The molecule has 7 heteroatoms. The average Bonchev–Trinajstić information content (AvgIpc) is 2.75.